The Balaban J connectivity index is 0.00000264. The quantitative estimate of drug-likeness (QED) is 0.697. The zero-order valence-electron chi connectivity index (χ0n) is 14.1. The number of aryl methyl sites for hydroxylation is 1. The van der Waals surface area contributed by atoms with Crippen molar-refractivity contribution in [1.82, 2.24) is 0 Å². The van der Waals surface area contributed by atoms with E-state index in [1.807, 2.05) is 11.8 Å². The highest BCUT2D eigenvalue weighted by Gasteiger charge is 2.32. The summed E-state index contributed by atoms with van der Waals surface area (Å²) >= 11 is 2.02. The van der Waals surface area contributed by atoms with E-state index in [2.05, 4.69) is 74.5 Å². The van der Waals surface area contributed by atoms with Crippen molar-refractivity contribution in [2.75, 3.05) is 6.54 Å². The van der Waals surface area contributed by atoms with E-state index in [1.54, 1.807) is 0 Å². The first-order valence-corrected chi connectivity index (χ1v) is 9.07. The van der Waals surface area contributed by atoms with Crippen molar-refractivity contribution in [1.29, 1.82) is 0 Å². The molecule has 1 nitrogen and oxygen atoms in total. The van der Waals surface area contributed by atoms with Crippen LogP contribution in [0.3, 0.4) is 0 Å². The lowest BCUT2D eigenvalue weighted by molar-refractivity contribution is 0.415. The number of hydrogen-bond acceptors (Lipinski definition) is 2. The lowest BCUT2D eigenvalue weighted by Gasteiger charge is -2.36. The van der Waals surface area contributed by atoms with Crippen molar-refractivity contribution in [2.45, 2.75) is 37.2 Å². The minimum atomic E-state index is 0. The maximum absolute atomic E-state index is 6.22. The van der Waals surface area contributed by atoms with Gasteiger partial charge in [-0.1, -0.05) is 74.5 Å². The van der Waals surface area contributed by atoms with Crippen molar-refractivity contribution in [3.63, 3.8) is 0 Å². The van der Waals surface area contributed by atoms with Crippen LogP contribution in [-0.2, 0) is 12.2 Å². The summed E-state index contributed by atoms with van der Waals surface area (Å²) in [5, 5.41) is 0. The van der Waals surface area contributed by atoms with Gasteiger partial charge in [-0.15, -0.1) is 24.2 Å². The van der Waals surface area contributed by atoms with Gasteiger partial charge >= 0.3 is 0 Å². The maximum atomic E-state index is 6.22. The van der Waals surface area contributed by atoms with Crippen LogP contribution >= 0.6 is 24.2 Å². The molecule has 3 heteroatoms. The van der Waals surface area contributed by atoms with Gasteiger partial charge < -0.3 is 5.73 Å². The summed E-state index contributed by atoms with van der Waals surface area (Å²) in [7, 11) is 0. The molecular formula is C20H28ClNS. The SMILES string of the molecule is CC(C)C(CN)(CCc1ccccc1)SCc1ccccc1.Cl. The van der Waals surface area contributed by atoms with Crippen LogP contribution in [0.2, 0.25) is 0 Å². The average Bonchev–Trinajstić information content (AvgIpc) is 2.57. The van der Waals surface area contributed by atoms with E-state index >= 15 is 0 Å². The van der Waals surface area contributed by atoms with E-state index in [-0.39, 0.29) is 17.2 Å². The summed E-state index contributed by atoms with van der Waals surface area (Å²) in [4.78, 5) is 0. The first-order valence-electron chi connectivity index (χ1n) is 8.08. The molecule has 2 aromatic rings. The molecule has 0 amide bonds. The van der Waals surface area contributed by atoms with Crippen LogP contribution in [0.5, 0.6) is 0 Å². The van der Waals surface area contributed by atoms with Crippen LogP contribution in [0.25, 0.3) is 0 Å². The third-order valence-electron chi connectivity index (χ3n) is 4.45. The molecule has 2 rings (SSSR count). The van der Waals surface area contributed by atoms with E-state index in [1.165, 1.54) is 11.1 Å². The Bertz CT molecular complexity index is 499. The molecule has 0 heterocycles. The fourth-order valence-electron chi connectivity index (χ4n) is 2.73. The number of nitrogens with two attached hydrogens (primary N) is 1. The van der Waals surface area contributed by atoms with Gasteiger partial charge in [0.1, 0.15) is 0 Å². The third kappa shape index (κ3) is 5.87. The molecule has 0 radical (unpaired) electrons. The summed E-state index contributed by atoms with van der Waals surface area (Å²) in [6, 6.07) is 21.4. The van der Waals surface area contributed by atoms with Crippen LogP contribution < -0.4 is 5.73 Å². The number of halogens is 1. The molecule has 0 bridgehead atoms. The summed E-state index contributed by atoms with van der Waals surface area (Å²) in [6.07, 6.45) is 2.22. The van der Waals surface area contributed by atoms with Crippen LogP contribution in [-0.4, -0.2) is 11.3 Å². The Morgan fingerprint density at radius 1 is 0.913 bits per heavy atom. The van der Waals surface area contributed by atoms with Gasteiger partial charge in [0.2, 0.25) is 0 Å². The lowest BCUT2D eigenvalue weighted by atomic mass is 9.88. The zero-order valence-corrected chi connectivity index (χ0v) is 15.7. The van der Waals surface area contributed by atoms with Gasteiger partial charge in [0, 0.05) is 17.0 Å². The van der Waals surface area contributed by atoms with Gasteiger partial charge in [-0.2, -0.15) is 0 Å². The molecule has 2 aromatic carbocycles. The molecule has 0 aromatic heterocycles. The third-order valence-corrected chi connectivity index (χ3v) is 6.34. The average molecular weight is 350 g/mol. The first-order chi connectivity index (χ1) is 10.7. The molecule has 2 N–H and O–H groups in total. The second-order valence-corrected chi connectivity index (χ2v) is 7.57. The monoisotopic (exact) mass is 349 g/mol. The molecule has 0 saturated heterocycles. The molecule has 0 spiro atoms. The second-order valence-electron chi connectivity index (χ2n) is 6.18. The summed E-state index contributed by atoms with van der Waals surface area (Å²) < 4.78 is 0.145. The largest absolute Gasteiger partial charge is 0.329 e. The highest BCUT2D eigenvalue weighted by atomic mass is 35.5. The maximum Gasteiger partial charge on any atom is 0.0311 e. The van der Waals surface area contributed by atoms with Gasteiger partial charge in [-0.25, -0.2) is 0 Å². The van der Waals surface area contributed by atoms with Gasteiger partial charge in [-0.05, 0) is 29.9 Å². The van der Waals surface area contributed by atoms with Crippen molar-refractivity contribution in [3.8, 4) is 0 Å². The Labute approximate surface area is 151 Å². The topological polar surface area (TPSA) is 26.0 Å². The Kier molecular flexibility index (Phi) is 8.75. The van der Waals surface area contributed by atoms with Crippen LogP contribution in [0.4, 0.5) is 0 Å². The fourth-order valence-corrected chi connectivity index (χ4v) is 4.07. The first kappa shape index (κ1) is 20.1. The molecule has 23 heavy (non-hydrogen) atoms. The molecular weight excluding hydrogens is 322 g/mol. The highest BCUT2D eigenvalue weighted by molar-refractivity contribution is 7.99. The van der Waals surface area contributed by atoms with E-state index in [0.29, 0.717) is 5.92 Å². The predicted octanol–water partition coefficient (Wildman–Crippen LogP) is 5.33. The molecule has 0 fully saturated rings. The molecule has 1 unspecified atom stereocenters. The van der Waals surface area contributed by atoms with Crippen molar-refractivity contribution in [2.24, 2.45) is 11.7 Å². The van der Waals surface area contributed by atoms with Crippen molar-refractivity contribution < 1.29 is 0 Å². The molecule has 126 valence electrons. The Hall–Kier alpha value is -0.960. The Morgan fingerprint density at radius 3 is 1.91 bits per heavy atom. The molecule has 0 saturated carbocycles. The van der Waals surface area contributed by atoms with E-state index in [0.717, 1.165) is 25.1 Å². The minimum absolute atomic E-state index is 0. The molecule has 0 aliphatic rings. The molecule has 0 aliphatic carbocycles. The number of hydrogen-bond donors (Lipinski definition) is 1. The Morgan fingerprint density at radius 2 is 1.43 bits per heavy atom. The standard InChI is InChI=1S/C20H27NS.ClH/c1-17(2)20(16-21,14-13-18-9-5-3-6-10-18)22-15-19-11-7-4-8-12-19;/h3-12,17H,13-16,21H2,1-2H3;1H. The second kappa shape index (κ2) is 10.0. The highest BCUT2D eigenvalue weighted by Crippen LogP contribution is 2.38. The summed E-state index contributed by atoms with van der Waals surface area (Å²) in [5.41, 5.74) is 9.00. The normalized spacial score (nSPS) is 13.4. The number of benzene rings is 2. The van der Waals surface area contributed by atoms with Crippen LogP contribution in [0.1, 0.15) is 31.4 Å². The molecule has 0 aliphatic heterocycles. The van der Waals surface area contributed by atoms with Gasteiger partial charge in [-0.3, -0.25) is 0 Å². The fraction of sp³-hybridized carbons (Fsp3) is 0.400. The smallest absolute Gasteiger partial charge is 0.0311 e. The summed E-state index contributed by atoms with van der Waals surface area (Å²) in [5.74, 6) is 1.60. The van der Waals surface area contributed by atoms with Crippen molar-refractivity contribution >= 4 is 24.2 Å². The van der Waals surface area contributed by atoms with Gasteiger partial charge in [0.25, 0.3) is 0 Å². The predicted molar refractivity (Wildman–Crippen MR) is 106 cm³/mol. The lowest BCUT2D eigenvalue weighted by Crippen LogP contribution is -2.40. The van der Waals surface area contributed by atoms with E-state index < -0.39 is 0 Å². The molecule has 1 atom stereocenters. The zero-order chi connectivity index (χ0) is 15.8. The van der Waals surface area contributed by atoms with Crippen LogP contribution in [0.15, 0.2) is 60.7 Å². The van der Waals surface area contributed by atoms with E-state index in [9.17, 15) is 0 Å². The van der Waals surface area contributed by atoms with Gasteiger partial charge in [0.15, 0.2) is 0 Å². The minimum Gasteiger partial charge on any atom is -0.329 e. The number of thioether (sulfide) groups is 1. The number of rotatable bonds is 8. The van der Waals surface area contributed by atoms with Crippen LogP contribution in [0, 0.1) is 5.92 Å². The van der Waals surface area contributed by atoms with Gasteiger partial charge in [0.05, 0.1) is 0 Å². The van der Waals surface area contributed by atoms with E-state index in [4.69, 9.17) is 5.73 Å². The summed E-state index contributed by atoms with van der Waals surface area (Å²) in [6.45, 7) is 5.33. The van der Waals surface area contributed by atoms with Crippen molar-refractivity contribution in [3.05, 3.63) is 71.8 Å².